The summed E-state index contributed by atoms with van der Waals surface area (Å²) in [6, 6.07) is 0. The monoisotopic (exact) mass is 172 g/mol. The lowest BCUT2D eigenvalue weighted by molar-refractivity contribution is 0.569. The molecule has 0 unspecified atom stereocenters. The Morgan fingerprint density at radius 1 is 0.778 bits per heavy atom. The molecule has 0 aromatic rings. The summed E-state index contributed by atoms with van der Waals surface area (Å²) >= 11 is 4.32. The lowest BCUT2D eigenvalue weighted by Gasteiger charge is -1.20. The van der Waals surface area contributed by atoms with Gasteiger partial charge in [-0.2, -0.15) is 0 Å². The molecule has 0 rings (SSSR count). The van der Waals surface area contributed by atoms with E-state index in [2.05, 4.69) is 11.6 Å². The number of rotatable bonds is 0. The molecule has 66 valence electrons. The maximum absolute atomic E-state index is 8.57. The molecule has 0 saturated heterocycles. The summed E-state index contributed by atoms with van der Waals surface area (Å²) in [4.78, 5) is 8.57. The highest BCUT2D eigenvalue weighted by Crippen LogP contribution is 1.42. The SMILES string of the molecule is O.O.O.O.O.O.O=CCl. The fraction of sp³-hybridized carbons (Fsp3) is 0. The first-order valence-corrected chi connectivity index (χ1v) is 0.890. The highest BCUT2D eigenvalue weighted by molar-refractivity contribution is 6.54. The van der Waals surface area contributed by atoms with Crippen molar-refractivity contribution in [3.63, 3.8) is 0 Å². The Morgan fingerprint density at radius 3 is 0.778 bits per heavy atom. The van der Waals surface area contributed by atoms with Gasteiger partial charge in [-0.3, -0.25) is 4.79 Å². The van der Waals surface area contributed by atoms with Gasteiger partial charge < -0.3 is 32.9 Å². The van der Waals surface area contributed by atoms with E-state index < -0.39 is 0 Å². The Labute approximate surface area is 56.1 Å². The Kier molecular flexibility index (Phi) is 13100. The van der Waals surface area contributed by atoms with Crippen LogP contribution in [0, 0.1) is 0 Å². The van der Waals surface area contributed by atoms with E-state index >= 15 is 0 Å². The van der Waals surface area contributed by atoms with Crippen molar-refractivity contribution in [3.05, 3.63) is 0 Å². The van der Waals surface area contributed by atoms with E-state index in [1.54, 1.807) is 0 Å². The van der Waals surface area contributed by atoms with Crippen LogP contribution in [-0.2, 0) is 4.79 Å². The molecule has 0 aliphatic rings. The molecule has 0 saturated carbocycles. The molecule has 8 heteroatoms. The van der Waals surface area contributed by atoms with Crippen molar-refractivity contribution >= 4 is 17.3 Å². The third kappa shape index (κ3) is 3220. The predicted molar refractivity (Wildman–Crippen MR) is 34.3 cm³/mol. The van der Waals surface area contributed by atoms with Gasteiger partial charge >= 0.3 is 0 Å². The number of carbonyl (C=O) groups is 1. The van der Waals surface area contributed by atoms with Crippen molar-refractivity contribution in [1.82, 2.24) is 0 Å². The van der Waals surface area contributed by atoms with Crippen LogP contribution < -0.4 is 0 Å². The Morgan fingerprint density at radius 2 is 0.778 bits per heavy atom. The van der Waals surface area contributed by atoms with Crippen molar-refractivity contribution in [2.24, 2.45) is 0 Å². The van der Waals surface area contributed by atoms with Gasteiger partial charge in [0.2, 0.25) is 5.75 Å². The molecule has 0 aliphatic carbocycles. The maximum atomic E-state index is 8.57. The quantitative estimate of drug-likeness (QED) is 0.257. The van der Waals surface area contributed by atoms with Gasteiger partial charge in [0.15, 0.2) is 0 Å². The predicted octanol–water partition coefficient (Wildman–Crippen LogP) is -4.53. The van der Waals surface area contributed by atoms with Crippen LogP contribution >= 0.6 is 11.6 Å². The lowest BCUT2D eigenvalue weighted by Crippen LogP contribution is -1.24. The molecule has 12 N–H and O–H groups in total. The standard InChI is InChI=1S/CHClO.6H2O/c2-1-3;;;;;;/h1H;6*1H2. The van der Waals surface area contributed by atoms with Gasteiger partial charge in [-0.1, -0.05) is 0 Å². The zero-order valence-corrected chi connectivity index (χ0v) is 5.12. The molecule has 0 aliphatic heterocycles. The molecule has 0 atom stereocenters. The molecule has 0 fully saturated rings. The number of carbonyl (C=O) groups excluding carboxylic acids is 1. The van der Waals surface area contributed by atoms with Crippen LogP contribution in [-0.4, -0.2) is 38.6 Å². The first kappa shape index (κ1) is 176. The highest BCUT2D eigenvalue weighted by Gasteiger charge is 1.28. The summed E-state index contributed by atoms with van der Waals surface area (Å²) in [6.07, 6.45) is 0. The summed E-state index contributed by atoms with van der Waals surface area (Å²) in [5, 5.41) is 0. The van der Waals surface area contributed by atoms with E-state index in [1.807, 2.05) is 0 Å². The van der Waals surface area contributed by atoms with Gasteiger partial charge in [-0.25, -0.2) is 0 Å². The van der Waals surface area contributed by atoms with Gasteiger partial charge in [0, 0.05) is 0 Å². The lowest BCUT2D eigenvalue weighted by atomic mass is 11.8. The summed E-state index contributed by atoms with van der Waals surface area (Å²) < 4.78 is 0. The minimum Gasteiger partial charge on any atom is -0.412 e. The van der Waals surface area contributed by atoms with Crippen molar-refractivity contribution in [1.29, 1.82) is 0 Å². The van der Waals surface area contributed by atoms with Crippen LogP contribution in [0.5, 0.6) is 0 Å². The molecule has 0 heterocycles. The van der Waals surface area contributed by atoms with Crippen LogP contribution in [0.1, 0.15) is 0 Å². The Bertz CT molecular complexity index is 16.4. The highest BCUT2D eigenvalue weighted by atomic mass is 35.5. The van der Waals surface area contributed by atoms with E-state index in [1.165, 1.54) is 0 Å². The van der Waals surface area contributed by atoms with Crippen LogP contribution in [0.3, 0.4) is 0 Å². The molecular weight excluding hydrogens is 159 g/mol. The largest absolute Gasteiger partial charge is 0.412 e. The molecule has 0 aromatic carbocycles. The molecule has 9 heavy (non-hydrogen) atoms. The Balaban J connectivity index is -0.00000000133. The topological polar surface area (TPSA) is 206 Å². The fourth-order valence-corrected chi connectivity index (χ4v) is 0. The third-order valence-electron chi connectivity index (χ3n) is 0. The molecule has 0 radical (unpaired) electrons. The molecule has 0 bridgehead atoms. The minimum absolute atomic E-state index is 0. The van der Waals surface area contributed by atoms with Gasteiger partial charge in [0.05, 0.1) is 0 Å². The van der Waals surface area contributed by atoms with Crippen molar-refractivity contribution in [3.8, 4) is 0 Å². The van der Waals surface area contributed by atoms with E-state index in [-0.39, 0.29) is 38.6 Å². The molecule has 0 amide bonds. The van der Waals surface area contributed by atoms with Gasteiger partial charge in [-0.05, 0) is 11.6 Å². The molecule has 7 nitrogen and oxygen atoms in total. The van der Waals surface area contributed by atoms with Crippen LogP contribution in [0.25, 0.3) is 0 Å². The maximum Gasteiger partial charge on any atom is 0.208 e. The van der Waals surface area contributed by atoms with Crippen LogP contribution in [0.15, 0.2) is 0 Å². The first-order valence-electron chi connectivity index (χ1n) is 0.454. The van der Waals surface area contributed by atoms with E-state index in [4.69, 9.17) is 4.79 Å². The first-order chi connectivity index (χ1) is 1.41. The van der Waals surface area contributed by atoms with E-state index in [9.17, 15) is 0 Å². The van der Waals surface area contributed by atoms with Crippen molar-refractivity contribution in [2.75, 3.05) is 0 Å². The van der Waals surface area contributed by atoms with Crippen LogP contribution in [0.2, 0.25) is 0 Å². The average Bonchev–Trinajstić information content (AvgIpc) is 0.918. The zero-order valence-electron chi connectivity index (χ0n) is 4.36. The smallest absolute Gasteiger partial charge is 0.208 e. The second-order valence-electron chi connectivity index (χ2n) is 0.0891. The molecular formula is CH13ClO7. The minimum atomic E-state index is 0. The number of hydrogen-bond acceptors (Lipinski definition) is 1. The van der Waals surface area contributed by atoms with E-state index in [0.29, 0.717) is 0 Å². The summed E-state index contributed by atoms with van der Waals surface area (Å²) in [7, 11) is 0. The summed E-state index contributed by atoms with van der Waals surface area (Å²) in [5.41, 5.74) is 0. The van der Waals surface area contributed by atoms with Gasteiger partial charge in [0.25, 0.3) is 0 Å². The zero-order chi connectivity index (χ0) is 2.71. The van der Waals surface area contributed by atoms with E-state index in [0.717, 1.165) is 0 Å². The Hall–Kier alpha value is -0.280. The molecule has 0 aromatic heterocycles. The summed E-state index contributed by atoms with van der Waals surface area (Å²) in [5.74, 6) is 0.222. The molecule has 0 spiro atoms. The van der Waals surface area contributed by atoms with Gasteiger partial charge in [0.1, 0.15) is 0 Å². The third-order valence-corrected chi connectivity index (χ3v) is 0. The number of halogens is 1. The van der Waals surface area contributed by atoms with Crippen molar-refractivity contribution < 1.29 is 37.7 Å². The summed E-state index contributed by atoms with van der Waals surface area (Å²) in [6.45, 7) is 0. The van der Waals surface area contributed by atoms with Gasteiger partial charge in [-0.15, -0.1) is 0 Å². The normalized spacial score (nSPS) is 1.44. The number of hydrogen-bond donors (Lipinski definition) is 0. The second-order valence-corrected chi connectivity index (χ2v) is 0.267. The van der Waals surface area contributed by atoms with Crippen molar-refractivity contribution in [2.45, 2.75) is 0 Å². The fourth-order valence-electron chi connectivity index (χ4n) is 0. The average molecular weight is 173 g/mol. The second kappa shape index (κ2) is 672. The van der Waals surface area contributed by atoms with Crippen LogP contribution in [0.4, 0.5) is 0 Å².